The molecule has 1 fully saturated rings. The Hall–Kier alpha value is -1.33. The number of aryl methyl sites for hydroxylation is 1. The average molecular weight is 303 g/mol. The number of hydrogen-bond acceptors (Lipinski definition) is 3. The van der Waals surface area contributed by atoms with Gasteiger partial charge in [-0.2, -0.15) is 0 Å². The lowest BCUT2D eigenvalue weighted by atomic mass is 10.1. The van der Waals surface area contributed by atoms with Crippen molar-refractivity contribution in [2.45, 2.75) is 25.3 Å². The average Bonchev–Trinajstić information content (AvgIpc) is 2.89. The molecule has 0 aromatic heterocycles. The number of nitrogens with one attached hydrogen (secondary N) is 2. The van der Waals surface area contributed by atoms with Crippen LogP contribution in [-0.2, 0) is 11.2 Å². The van der Waals surface area contributed by atoms with Gasteiger partial charge in [0.2, 0.25) is 5.91 Å². The van der Waals surface area contributed by atoms with Gasteiger partial charge in [-0.05, 0) is 37.1 Å². The van der Waals surface area contributed by atoms with E-state index < -0.39 is 0 Å². The van der Waals surface area contributed by atoms with Crippen molar-refractivity contribution in [2.75, 3.05) is 20.2 Å². The predicted octanol–water partition coefficient (Wildman–Crippen LogP) is 1.67. The van der Waals surface area contributed by atoms with Crippen molar-refractivity contribution >= 4 is 18.3 Å². The van der Waals surface area contributed by atoms with Crippen molar-refractivity contribution in [2.24, 2.45) is 0 Å². The van der Waals surface area contributed by atoms with Gasteiger partial charge in [0.15, 0.2) is 11.6 Å². The summed E-state index contributed by atoms with van der Waals surface area (Å²) in [5.74, 6) is -0.143. The van der Waals surface area contributed by atoms with Gasteiger partial charge in [0.1, 0.15) is 0 Å². The standard InChI is InChI=1S/C14H19FN2O2.ClH/c1-19-13-4-2-10(8-12(13)15)3-5-14(18)17-11-6-7-16-9-11;/h2,4,8,11,16H,3,5-7,9H2,1H3,(H,17,18);1H. The Balaban J connectivity index is 0.00000200. The Morgan fingerprint density at radius 3 is 2.95 bits per heavy atom. The zero-order valence-electron chi connectivity index (χ0n) is 11.4. The van der Waals surface area contributed by atoms with Gasteiger partial charge in [-0.15, -0.1) is 12.4 Å². The molecule has 1 atom stereocenters. The Bertz CT molecular complexity index is 451. The van der Waals surface area contributed by atoms with E-state index >= 15 is 0 Å². The van der Waals surface area contributed by atoms with Gasteiger partial charge in [0.05, 0.1) is 7.11 Å². The molecule has 0 saturated carbocycles. The number of carbonyl (C=O) groups is 1. The molecule has 0 radical (unpaired) electrons. The Morgan fingerprint density at radius 1 is 1.55 bits per heavy atom. The van der Waals surface area contributed by atoms with E-state index in [2.05, 4.69) is 10.6 Å². The maximum Gasteiger partial charge on any atom is 0.220 e. The van der Waals surface area contributed by atoms with Gasteiger partial charge in [-0.1, -0.05) is 6.07 Å². The molecular formula is C14H20ClFN2O2. The maximum absolute atomic E-state index is 13.5. The summed E-state index contributed by atoms with van der Waals surface area (Å²) in [6, 6.07) is 5.03. The number of halogens is 2. The van der Waals surface area contributed by atoms with Crippen LogP contribution in [0, 0.1) is 5.82 Å². The molecule has 4 nitrogen and oxygen atoms in total. The summed E-state index contributed by atoms with van der Waals surface area (Å²) in [5, 5.41) is 6.16. The minimum atomic E-state index is -0.389. The maximum atomic E-state index is 13.5. The molecule has 0 aliphatic carbocycles. The van der Waals surface area contributed by atoms with Crippen LogP contribution in [0.1, 0.15) is 18.4 Å². The van der Waals surface area contributed by atoms with Crippen LogP contribution in [0.25, 0.3) is 0 Å². The number of rotatable bonds is 5. The van der Waals surface area contributed by atoms with E-state index in [1.807, 2.05) is 0 Å². The second-order valence-electron chi connectivity index (χ2n) is 4.73. The van der Waals surface area contributed by atoms with E-state index in [0.29, 0.717) is 12.8 Å². The highest BCUT2D eigenvalue weighted by molar-refractivity contribution is 5.85. The monoisotopic (exact) mass is 302 g/mol. The fraction of sp³-hybridized carbons (Fsp3) is 0.500. The van der Waals surface area contributed by atoms with Crippen LogP contribution in [-0.4, -0.2) is 32.1 Å². The lowest BCUT2D eigenvalue weighted by Crippen LogP contribution is -2.36. The molecule has 1 aliphatic rings. The van der Waals surface area contributed by atoms with E-state index in [1.165, 1.54) is 13.2 Å². The zero-order chi connectivity index (χ0) is 13.7. The summed E-state index contributed by atoms with van der Waals surface area (Å²) in [6.07, 6.45) is 1.89. The fourth-order valence-corrected chi connectivity index (χ4v) is 2.20. The van der Waals surface area contributed by atoms with Crippen molar-refractivity contribution in [1.82, 2.24) is 10.6 Å². The molecule has 20 heavy (non-hydrogen) atoms. The molecule has 0 bridgehead atoms. The Labute approximate surface area is 124 Å². The summed E-state index contributed by atoms with van der Waals surface area (Å²) in [6.45, 7) is 1.79. The first-order valence-corrected chi connectivity index (χ1v) is 6.51. The molecule has 1 aliphatic heterocycles. The summed E-state index contributed by atoms with van der Waals surface area (Å²) in [5.41, 5.74) is 0.804. The number of hydrogen-bond donors (Lipinski definition) is 2. The van der Waals surface area contributed by atoms with E-state index in [-0.39, 0.29) is 35.9 Å². The Morgan fingerprint density at radius 2 is 2.35 bits per heavy atom. The highest BCUT2D eigenvalue weighted by Gasteiger charge is 2.16. The highest BCUT2D eigenvalue weighted by atomic mass is 35.5. The number of ether oxygens (including phenoxy) is 1. The molecule has 6 heteroatoms. The summed E-state index contributed by atoms with van der Waals surface area (Å²) < 4.78 is 18.3. The molecular weight excluding hydrogens is 283 g/mol. The zero-order valence-corrected chi connectivity index (χ0v) is 12.3. The molecule has 1 heterocycles. The second-order valence-corrected chi connectivity index (χ2v) is 4.73. The van der Waals surface area contributed by atoms with Gasteiger partial charge in [0, 0.05) is 19.0 Å². The van der Waals surface area contributed by atoms with Gasteiger partial charge in [-0.25, -0.2) is 4.39 Å². The van der Waals surface area contributed by atoms with Gasteiger partial charge in [0.25, 0.3) is 0 Å². The van der Waals surface area contributed by atoms with Crippen LogP contribution in [0.2, 0.25) is 0 Å². The van der Waals surface area contributed by atoms with Crippen molar-refractivity contribution in [3.8, 4) is 5.75 Å². The number of amides is 1. The first-order valence-electron chi connectivity index (χ1n) is 6.51. The van der Waals surface area contributed by atoms with Crippen molar-refractivity contribution < 1.29 is 13.9 Å². The highest BCUT2D eigenvalue weighted by Crippen LogP contribution is 2.18. The molecule has 2 rings (SSSR count). The first kappa shape index (κ1) is 16.7. The summed E-state index contributed by atoms with van der Waals surface area (Å²) in [4.78, 5) is 11.7. The fourth-order valence-electron chi connectivity index (χ4n) is 2.20. The SMILES string of the molecule is COc1ccc(CCC(=O)NC2CCNC2)cc1F.Cl. The van der Waals surface area contributed by atoms with Gasteiger partial charge < -0.3 is 15.4 Å². The largest absolute Gasteiger partial charge is 0.494 e. The minimum absolute atomic E-state index is 0. The topological polar surface area (TPSA) is 50.4 Å². The van der Waals surface area contributed by atoms with E-state index in [0.717, 1.165) is 25.1 Å². The lowest BCUT2D eigenvalue weighted by molar-refractivity contribution is -0.121. The van der Waals surface area contributed by atoms with Crippen LogP contribution < -0.4 is 15.4 Å². The number of carbonyl (C=O) groups excluding carboxylic acids is 1. The minimum Gasteiger partial charge on any atom is -0.494 e. The molecule has 0 spiro atoms. The molecule has 1 aromatic rings. The molecule has 2 N–H and O–H groups in total. The predicted molar refractivity (Wildman–Crippen MR) is 77.9 cm³/mol. The second kappa shape index (κ2) is 8.07. The first-order chi connectivity index (χ1) is 9.19. The third kappa shape index (κ3) is 4.65. The quantitative estimate of drug-likeness (QED) is 0.870. The molecule has 1 saturated heterocycles. The van der Waals surface area contributed by atoms with Gasteiger partial charge >= 0.3 is 0 Å². The number of methoxy groups -OCH3 is 1. The molecule has 1 unspecified atom stereocenters. The molecule has 1 aromatic carbocycles. The van der Waals surface area contributed by atoms with E-state index in [1.54, 1.807) is 12.1 Å². The lowest BCUT2D eigenvalue weighted by Gasteiger charge is -2.11. The van der Waals surface area contributed by atoms with Crippen molar-refractivity contribution in [3.05, 3.63) is 29.6 Å². The van der Waals surface area contributed by atoms with Crippen LogP contribution in [0.15, 0.2) is 18.2 Å². The Kier molecular flexibility index (Phi) is 6.75. The normalized spacial score (nSPS) is 17.4. The molecule has 1 amide bonds. The molecule has 112 valence electrons. The van der Waals surface area contributed by atoms with Gasteiger partial charge in [-0.3, -0.25) is 4.79 Å². The van der Waals surface area contributed by atoms with E-state index in [4.69, 9.17) is 4.74 Å². The van der Waals surface area contributed by atoms with Crippen LogP contribution in [0.3, 0.4) is 0 Å². The third-order valence-corrected chi connectivity index (χ3v) is 3.28. The van der Waals surface area contributed by atoms with E-state index in [9.17, 15) is 9.18 Å². The third-order valence-electron chi connectivity index (χ3n) is 3.28. The van der Waals surface area contributed by atoms with Crippen molar-refractivity contribution in [1.29, 1.82) is 0 Å². The summed E-state index contributed by atoms with van der Waals surface area (Å²) >= 11 is 0. The van der Waals surface area contributed by atoms with Crippen LogP contribution >= 0.6 is 12.4 Å². The van der Waals surface area contributed by atoms with Crippen LogP contribution in [0.4, 0.5) is 4.39 Å². The number of benzene rings is 1. The van der Waals surface area contributed by atoms with Crippen LogP contribution in [0.5, 0.6) is 5.75 Å². The van der Waals surface area contributed by atoms with Crippen molar-refractivity contribution in [3.63, 3.8) is 0 Å². The smallest absolute Gasteiger partial charge is 0.220 e. The summed E-state index contributed by atoms with van der Waals surface area (Å²) in [7, 11) is 1.43.